The summed E-state index contributed by atoms with van der Waals surface area (Å²) in [5.41, 5.74) is 10.2. The molecule has 1 saturated heterocycles. The number of amides is 3. The Bertz CT molecular complexity index is 1230. The third kappa shape index (κ3) is 6.82. The Kier molecular flexibility index (Phi) is 9.20. The average Bonchev–Trinajstić information content (AvgIpc) is 3.60. The van der Waals surface area contributed by atoms with Gasteiger partial charge in [0.1, 0.15) is 5.82 Å². The van der Waals surface area contributed by atoms with E-state index in [0.717, 1.165) is 23.9 Å². The van der Waals surface area contributed by atoms with Crippen LogP contribution in [-0.4, -0.2) is 63.2 Å². The maximum atomic E-state index is 12.5. The van der Waals surface area contributed by atoms with Crippen LogP contribution in [0.3, 0.4) is 0 Å². The van der Waals surface area contributed by atoms with Gasteiger partial charge in [0.25, 0.3) is 0 Å². The van der Waals surface area contributed by atoms with Crippen LogP contribution in [0.5, 0.6) is 0 Å². The van der Waals surface area contributed by atoms with Crippen LogP contribution in [0.15, 0.2) is 42.0 Å². The van der Waals surface area contributed by atoms with Crippen molar-refractivity contribution in [1.82, 2.24) is 19.8 Å². The van der Waals surface area contributed by atoms with Crippen molar-refractivity contribution in [2.45, 2.75) is 53.0 Å². The molecule has 37 heavy (non-hydrogen) atoms. The molecule has 0 bridgehead atoms. The first-order valence-electron chi connectivity index (χ1n) is 12.2. The number of benzene rings is 1. The van der Waals surface area contributed by atoms with E-state index in [9.17, 15) is 14.4 Å². The van der Waals surface area contributed by atoms with Gasteiger partial charge in [-0.15, -0.1) is 11.3 Å². The van der Waals surface area contributed by atoms with E-state index in [0.29, 0.717) is 37.1 Å². The zero-order valence-corrected chi connectivity index (χ0v) is 21.6. The lowest BCUT2D eigenvalue weighted by Gasteiger charge is -2.40. The molecule has 3 N–H and O–H groups in total. The Hall–Kier alpha value is -3.53. The summed E-state index contributed by atoms with van der Waals surface area (Å²) in [5.74, 6) is -0.433. The molecule has 2 fully saturated rings. The summed E-state index contributed by atoms with van der Waals surface area (Å²) >= 11 is 1.68. The van der Waals surface area contributed by atoms with Gasteiger partial charge in [-0.05, 0) is 49.4 Å². The number of piperazine rings is 1. The number of aromatic nitrogens is 2. The van der Waals surface area contributed by atoms with Gasteiger partial charge in [0.05, 0.1) is 27.6 Å². The monoisotopic (exact) mass is 524 g/mol. The maximum Gasteiger partial charge on any atom is 0.313 e. The summed E-state index contributed by atoms with van der Waals surface area (Å²) in [5, 5.41) is 2.63. The number of hydrogen-bond donors (Lipinski definition) is 2. The lowest BCUT2D eigenvalue weighted by molar-refractivity contribution is -0.148. The van der Waals surface area contributed by atoms with Crippen LogP contribution >= 0.6 is 11.3 Å². The van der Waals surface area contributed by atoms with Gasteiger partial charge in [0.2, 0.25) is 5.91 Å². The Morgan fingerprint density at radius 2 is 1.86 bits per heavy atom. The molecular weight excluding hydrogens is 488 g/mol. The fourth-order valence-corrected chi connectivity index (χ4v) is 4.89. The minimum absolute atomic E-state index is 0. The molecule has 1 saturated carbocycles. The molecule has 0 radical (unpaired) electrons. The topological polar surface area (TPSA) is 122 Å². The fraction of sp³-hybridized carbons (Fsp3) is 0.444. The van der Waals surface area contributed by atoms with Crippen LogP contribution in [0.1, 0.15) is 52.5 Å². The van der Waals surface area contributed by atoms with Gasteiger partial charge in [-0.2, -0.15) is 0 Å². The molecule has 3 heterocycles. The standard InChI is InChI=1S/C19H27N5O3.C7H5NS.CH4/c1-11(2)18(26)24-7-6-23(10-12(24)3)19(27)17(25)22-14-8-15(13-4-5-13)16(20)21-9-14;1-2-4-7-6(3-1)8-5-9-7;/h8-9,11-13H,4-7,10H2,1-3H3,(H2,20,21)(H,22,25);1-5H;1H4. The number of nitrogen functional groups attached to an aromatic ring is 1. The number of thiazole rings is 1. The highest BCUT2D eigenvalue weighted by Gasteiger charge is 2.33. The molecule has 1 aromatic carbocycles. The van der Waals surface area contributed by atoms with E-state index < -0.39 is 11.8 Å². The first-order valence-corrected chi connectivity index (χ1v) is 13.1. The molecule has 1 aliphatic heterocycles. The third-order valence-corrected chi connectivity index (χ3v) is 7.16. The van der Waals surface area contributed by atoms with Crippen LogP contribution in [0.25, 0.3) is 10.2 Å². The van der Waals surface area contributed by atoms with Gasteiger partial charge < -0.3 is 20.9 Å². The lowest BCUT2D eigenvalue weighted by atomic mass is 10.1. The zero-order valence-electron chi connectivity index (χ0n) is 20.8. The van der Waals surface area contributed by atoms with Gasteiger partial charge in [0, 0.05) is 31.6 Å². The Balaban J connectivity index is 0.000000318. The summed E-state index contributed by atoms with van der Waals surface area (Å²) < 4.78 is 1.26. The van der Waals surface area contributed by atoms with E-state index in [-0.39, 0.29) is 25.3 Å². The molecule has 3 aromatic rings. The molecular formula is C27H36N6O3S. The average molecular weight is 525 g/mol. The van der Waals surface area contributed by atoms with Crippen LogP contribution in [0.2, 0.25) is 0 Å². The Morgan fingerprint density at radius 1 is 1.14 bits per heavy atom. The Labute approximate surface area is 222 Å². The first-order chi connectivity index (χ1) is 17.2. The smallest absolute Gasteiger partial charge is 0.313 e. The molecule has 10 heteroatoms. The summed E-state index contributed by atoms with van der Waals surface area (Å²) in [6.45, 7) is 6.74. The molecule has 0 spiro atoms. The second-order valence-corrected chi connectivity index (χ2v) is 10.4. The van der Waals surface area contributed by atoms with Gasteiger partial charge in [0.15, 0.2) is 0 Å². The number of nitrogens with two attached hydrogens (primary N) is 1. The predicted octanol–water partition coefficient (Wildman–Crippen LogP) is 4.13. The van der Waals surface area contributed by atoms with Gasteiger partial charge in [-0.1, -0.05) is 33.4 Å². The molecule has 2 aliphatic rings. The second kappa shape index (κ2) is 12.1. The van der Waals surface area contributed by atoms with Crippen molar-refractivity contribution in [2.75, 3.05) is 30.7 Å². The normalized spacial score (nSPS) is 17.0. The molecule has 1 aliphatic carbocycles. The minimum atomic E-state index is -0.695. The van der Waals surface area contributed by atoms with E-state index >= 15 is 0 Å². The molecule has 198 valence electrons. The Morgan fingerprint density at radius 3 is 2.51 bits per heavy atom. The minimum Gasteiger partial charge on any atom is -0.383 e. The van der Waals surface area contributed by atoms with Gasteiger partial charge in [-0.25, -0.2) is 9.97 Å². The van der Waals surface area contributed by atoms with Crippen LogP contribution in [0, 0.1) is 5.92 Å². The van der Waals surface area contributed by atoms with Crippen LogP contribution < -0.4 is 11.1 Å². The van der Waals surface area contributed by atoms with E-state index in [1.807, 2.05) is 44.5 Å². The molecule has 1 unspecified atom stereocenters. The van der Waals surface area contributed by atoms with E-state index in [2.05, 4.69) is 21.4 Å². The summed E-state index contributed by atoms with van der Waals surface area (Å²) in [7, 11) is 0. The number of nitrogens with one attached hydrogen (secondary N) is 1. The number of carbonyl (C=O) groups excluding carboxylic acids is 3. The van der Waals surface area contributed by atoms with Crippen LogP contribution in [-0.2, 0) is 14.4 Å². The number of nitrogens with zero attached hydrogens (tertiary/aromatic N) is 4. The number of rotatable bonds is 3. The van der Waals surface area contributed by atoms with Crippen molar-refractivity contribution in [3.63, 3.8) is 0 Å². The maximum absolute atomic E-state index is 12.5. The zero-order chi connectivity index (χ0) is 25.8. The van der Waals surface area contributed by atoms with Crippen molar-refractivity contribution in [3.8, 4) is 0 Å². The van der Waals surface area contributed by atoms with E-state index in [1.165, 1.54) is 15.8 Å². The number of hydrogen-bond acceptors (Lipinski definition) is 7. The number of fused-ring (bicyclic) bond motifs is 1. The lowest BCUT2D eigenvalue weighted by Crippen LogP contribution is -2.57. The van der Waals surface area contributed by atoms with Crippen molar-refractivity contribution >= 4 is 50.8 Å². The first kappa shape index (κ1) is 28.0. The predicted molar refractivity (Wildman–Crippen MR) is 148 cm³/mol. The highest BCUT2D eigenvalue weighted by atomic mass is 32.1. The SMILES string of the molecule is C.CC(C)C(=O)N1CCN(C(=O)C(=O)Nc2cnc(N)c(C3CC3)c2)CC1C.c1ccc2scnc2c1. The number of pyridine rings is 1. The quantitative estimate of drug-likeness (QED) is 0.497. The summed E-state index contributed by atoms with van der Waals surface area (Å²) in [4.78, 5) is 48.6. The third-order valence-electron chi connectivity index (χ3n) is 6.35. The molecule has 2 aromatic heterocycles. The van der Waals surface area contributed by atoms with Crippen molar-refractivity contribution in [3.05, 3.63) is 47.6 Å². The highest BCUT2D eigenvalue weighted by Crippen LogP contribution is 2.42. The number of anilines is 2. The number of carbonyl (C=O) groups is 3. The van der Waals surface area contributed by atoms with Crippen molar-refractivity contribution < 1.29 is 14.4 Å². The second-order valence-electron chi connectivity index (χ2n) is 9.53. The van der Waals surface area contributed by atoms with E-state index in [1.54, 1.807) is 22.3 Å². The van der Waals surface area contributed by atoms with E-state index in [4.69, 9.17) is 5.73 Å². The van der Waals surface area contributed by atoms with Gasteiger partial charge in [-0.3, -0.25) is 14.4 Å². The number of para-hydroxylation sites is 1. The molecule has 9 nitrogen and oxygen atoms in total. The molecule has 5 rings (SSSR count). The largest absolute Gasteiger partial charge is 0.383 e. The molecule has 1 atom stereocenters. The summed E-state index contributed by atoms with van der Waals surface area (Å²) in [6, 6.07) is 9.80. The highest BCUT2D eigenvalue weighted by molar-refractivity contribution is 7.16. The van der Waals surface area contributed by atoms with Crippen molar-refractivity contribution in [1.29, 1.82) is 0 Å². The molecule has 3 amide bonds. The summed E-state index contributed by atoms with van der Waals surface area (Å²) in [6.07, 6.45) is 3.60. The van der Waals surface area contributed by atoms with Crippen LogP contribution in [0.4, 0.5) is 11.5 Å². The van der Waals surface area contributed by atoms with Crippen molar-refractivity contribution in [2.24, 2.45) is 5.92 Å². The fourth-order valence-electron chi connectivity index (χ4n) is 4.21. The van der Waals surface area contributed by atoms with Gasteiger partial charge >= 0.3 is 11.8 Å².